The predicted octanol–water partition coefficient (Wildman–Crippen LogP) is 10.8. The molecule has 0 aromatic heterocycles. The second-order valence-electron chi connectivity index (χ2n) is 10.2. The number of hydrogen-bond acceptors (Lipinski definition) is 0. The molecule has 0 bridgehead atoms. The maximum Gasteiger partial charge on any atom is -0.00987 e. The van der Waals surface area contributed by atoms with Crippen molar-refractivity contribution in [3.05, 3.63) is 146 Å². The average Bonchev–Trinajstić information content (AvgIpc) is 2.99. The summed E-state index contributed by atoms with van der Waals surface area (Å²) in [6.45, 7) is 0. The van der Waals surface area contributed by atoms with E-state index in [1.165, 1.54) is 76.1 Å². The molecule has 8 rings (SSSR count). The third-order valence-electron chi connectivity index (χ3n) is 7.96. The van der Waals surface area contributed by atoms with Gasteiger partial charge in [-0.25, -0.2) is 0 Å². The Kier molecular flexibility index (Phi) is 4.62. The van der Waals surface area contributed by atoms with Gasteiger partial charge in [-0.15, -0.1) is 0 Å². The molecule has 0 aliphatic rings. The molecule has 0 fully saturated rings. The SMILES string of the molecule is c1ccc(-c2ccc3cc4c(ccc5c6cc7ccc(-c8ccccc8)cc7cc6ccc45)cc3c2)cc1. The fourth-order valence-electron chi connectivity index (χ4n) is 5.99. The Labute approximate surface area is 221 Å². The van der Waals surface area contributed by atoms with E-state index in [-0.39, 0.29) is 0 Å². The second-order valence-corrected chi connectivity index (χ2v) is 10.2. The molecule has 0 N–H and O–H groups in total. The zero-order chi connectivity index (χ0) is 25.1. The Morgan fingerprint density at radius 1 is 0.211 bits per heavy atom. The highest BCUT2D eigenvalue weighted by Gasteiger charge is 2.09. The average molecular weight is 481 g/mol. The Hall–Kier alpha value is -4.94. The van der Waals surface area contributed by atoms with Gasteiger partial charge in [0.05, 0.1) is 0 Å². The summed E-state index contributed by atoms with van der Waals surface area (Å²) < 4.78 is 0. The van der Waals surface area contributed by atoms with Crippen LogP contribution in [0.2, 0.25) is 0 Å². The molecule has 0 aliphatic heterocycles. The number of hydrogen-bond donors (Lipinski definition) is 0. The lowest BCUT2D eigenvalue weighted by atomic mass is 9.92. The molecule has 0 spiro atoms. The van der Waals surface area contributed by atoms with E-state index in [0.29, 0.717) is 0 Å². The van der Waals surface area contributed by atoms with E-state index in [0.717, 1.165) is 0 Å². The topological polar surface area (TPSA) is 0 Å². The molecule has 38 heavy (non-hydrogen) atoms. The van der Waals surface area contributed by atoms with E-state index in [1.807, 2.05) is 0 Å². The van der Waals surface area contributed by atoms with Crippen molar-refractivity contribution in [2.24, 2.45) is 0 Å². The zero-order valence-electron chi connectivity index (χ0n) is 20.9. The number of fused-ring (bicyclic) bond motifs is 7. The minimum Gasteiger partial charge on any atom is -0.0622 e. The van der Waals surface area contributed by atoms with Crippen LogP contribution in [0.25, 0.3) is 76.1 Å². The van der Waals surface area contributed by atoms with Gasteiger partial charge >= 0.3 is 0 Å². The van der Waals surface area contributed by atoms with Gasteiger partial charge in [0.25, 0.3) is 0 Å². The van der Waals surface area contributed by atoms with Crippen molar-refractivity contribution in [2.45, 2.75) is 0 Å². The first-order chi connectivity index (χ1) is 18.8. The van der Waals surface area contributed by atoms with Crippen molar-refractivity contribution in [1.29, 1.82) is 0 Å². The molecule has 0 atom stereocenters. The maximum absolute atomic E-state index is 2.36. The molecule has 0 unspecified atom stereocenters. The maximum atomic E-state index is 2.36. The number of benzene rings is 8. The predicted molar refractivity (Wildman–Crippen MR) is 165 cm³/mol. The minimum atomic E-state index is 1.25. The molecule has 0 heterocycles. The van der Waals surface area contributed by atoms with Gasteiger partial charge in [0.1, 0.15) is 0 Å². The highest BCUT2D eigenvalue weighted by atomic mass is 14.1. The summed E-state index contributed by atoms with van der Waals surface area (Å²) in [6.07, 6.45) is 0. The van der Waals surface area contributed by atoms with Gasteiger partial charge in [-0.1, -0.05) is 109 Å². The lowest BCUT2D eigenvalue weighted by molar-refractivity contribution is 1.65. The van der Waals surface area contributed by atoms with Crippen molar-refractivity contribution < 1.29 is 0 Å². The normalized spacial score (nSPS) is 11.7. The molecular weight excluding hydrogens is 456 g/mol. The summed E-state index contributed by atoms with van der Waals surface area (Å²) in [5, 5.41) is 12.9. The second kappa shape index (κ2) is 8.30. The molecule has 8 aromatic carbocycles. The lowest BCUT2D eigenvalue weighted by Crippen LogP contribution is -1.84. The molecule has 0 saturated carbocycles. The molecule has 0 nitrogen and oxygen atoms in total. The first-order valence-electron chi connectivity index (χ1n) is 13.2. The van der Waals surface area contributed by atoms with Gasteiger partial charge < -0.3 is 0 Å². The van der Waals surface area contributed by atoms with E-state index in [9.17, 15) is 0 Å². The van der Waals surface area contributed by atoms with Crippen LogP contribution in [0.4, 0.5) is 0 Å². The van der Waals surface area contributed by atoms with Crippen LogP contribution in [-0.2, 0) is 0 Å². The van der Waals surface area contributed by atoms with Crippen LogP contribution in [0.3, 0.4) is 0 Å². The Bertz CT molecular complexity index is 2000. The largest absolute Gasteiger partial charge is 0.0622 e. The van der Waals surface area contributed by atoms with Crippen LogP contribution in [0, 0.1) is 0 Å². The van der Waals surface area contributed by atoms with Gasteiger partial charge in [0.2, 0.25) is 0 Å². The third kappa shape index (κ3) is 3.38. The first kappa shape index (κ1) is 21.2. The van der Waals surface area contributed by atoms with Crippen molar-refractivity contribution in [1.82, 2.24) is 0 Å². The molecule has 8 aromatic rings. The first-order valence-corrected chi connectivity index (χ1v) is 13.2. The summed E-state index contributed by atoms with van der Waals surface area (Å²) >= 11 is 0. The van der Waals surface area contributed by atoms with E-state index in [2.05, 4.69) is 146 Å². The molecule has 0 amide bonds. The van der Waals surface area contributed by atoms with Gasteiger partial charge in [-0.05, 0) is 113 Å². The van der Waals surface area contributed by atoms with Crippen LogP contribution in [0.5, 0.6) is 0 Å². The number of rotatable bonds is 2. The van der Waals surface area contributed by atoms with Crippen LogP contribution < -0.4 is 0 Å². The standard InChI is InChI=1S/C38H24/c1-3-7-25(8-4-1)27-11-13-29-23-37-31(21-33(29)19-27)15-17-36-35(37)18-16-32-22-34-20-28(26-9-5-2-6-10-26)12-14-30(34)24-38(32)36/h1-24H. The van der Waals surface area contributed by atoms with E-state index >= 15 is 0 Å². The summed E-state index contributed by atoms with van der Waals surface area (Å²) in [5.41, 5.74) is 5.02. The van der Waals surface area contributed by atoms with Gasteiger partial charge in [-0.2, -0.15) is 0 Å². The Balaban J connectivity index is 1.30. The van der Waals surface area contributed by atoms with Crippen molar-refractivity contribution in [3.8, 4) is 22.3 Å². The Morgan fingerprint density at radius 3 is 1.08 bits per heavy atom. The molecule has 176 valence electrons. The fraction of sp³-hybridized carbons (Fsp3) is 0. The quantitative estimate of drug-likeness (QED) is 0.170. The van der Waals surface area contributed by atoms with Crippen molar-refractivity contribution >= 4 is 53.9 Å². The fourth-order valence-corrected chi connectivity index (χ4v) is 5.99. The van der Waals surface area contributed by atoms with Gasteiger partial charge in [0, 0.05) is 0 Å². The summed E-state index contributed by atoms with van der Waals surface area (Å²) in [4.78, 5) is 0. The molecule has 0 aliphatic carbocycles. The third-order valence-corrected chi connectivity index (χ3v) is 7.96. The molecule has 0 heteroatoms. The summed E-state index contributed by atoms with van der Waals surface area (Å²) in [5.74, 6) is 0. The van der Waals surface area contributed by atoms with E-state index < -0.39 is 0 Å². The van der Waals surface area contributed by atoms with Crippen LogP contribution >= 0.6 is 0 Å². The van der Waals surface area contributed by atoms with E-state index in [4.69, 9.17) is 0 Å². The van der Waals surface area contributed by atoms with Crippen molar-refractivity contribution in [3.63, 3.8) is 0 Å². The highest BCUT2D eigenvalue weighted by molar-refractivity contribution is 6.21. The molecular formula is C38H24. The van der Waals surface area contributed by atoms with Crippen LogP contribution in [-0.4, -0.2) is 0 Å². The molecule has 0 radical (unpaired) electrons. The van der Waals surface area contributed by atoms with Crippen LogP contribution in [0.15, 0.2) is 146 Å². The van der Waals surface area contributed by atoms with Gasteiger partial charge in [0.15, 0.2) is 0 Å². The highest BCUT2D eigenvalue weighted by Crippen LogP contribution is 2.36. The van der Waals surface area contributed by atoms with Crippen molar-refractivity contribution in [2.75, 3.05) is 0 Å². The van der Waals surface area contributed by atoms with E-state index in [1.54, 1.807) is 0 Å². The zero-order valence-corrected chi connectivity index (χ0v) is 20.9. The summed E-state index contributed by atoms with van der Waals surface area (Å²) in [7, 11) is 0. The van der Waals surface area contributed by atoms with Gasteiger partial charge in [-0.3, -0.25) is 0 Å². The lowest BCUT2D eigenvalue weighted by Gasteiger charge is -2.12. The Morgan fingerprint density at radius 2 is 0.632 bits per heavy atom. The minimum absolute atomic E-state index is 1.25. The monoisotopic (exact) mass is 480 g/mol. The smallest absolute Gasteiger partial charge is 0.00987 e. The van der Waals surface area contributed by atoms with Crippen LogP contribution in [0.1, 0.15) is 0 Å². The summed E-state index contributed by atoms with van der Waals surface area (Å²) in [6, 6.07) is 53.4. The molecule has 0 saturated heterocycles.